The number of pyridine rings is 1. The second kappa shape index (κ2) is 13.5. The maximum Gasteiger partial charge on any atom is 0.164 e. The Kier molecular flexibility index (Phi) is 7.69. The summed E-state index contributed by atoms with van der Waals surface area (Å²) in [6, 6.07) is 70.0. The highest BCUT2D eigenvalue weighted by Gasteiger charge is 2.51. The molecule has 0 fully saturated rings. The molecule has 0 amide bonds. The third-order valence-corrected chi connectivity index (χ3v) is 12.1. The van der Waals surface area contributed by atoms with Crippen LogP contribution >= 0.6 is 0 Å². The van der Waals surface area contributed by atoms with Gasteiger partial charge in [0, 0.05) is 45.0 Å². The molecule has 0 radical (unpaired) electrons. The predicted molar refractivity (Wildman–Crippen MR) is 240 cm³/mol. The largest absolute Gasteiger partial charge is 0.457 e. The van der Waals surface area contributed by atoms with Gasteiger partial charge in [0.1, 0.15) is 11.5 Å². The van der Waals surface area contributed by atoms with Gasteiger partial charge in [0.05, 0.1) is 10.9 Å². The van der Waals surface area contributed by atoms with E-state index in [2.05, 4.69) is 133 Å². The molecule has 5 nitrogen and oxygen atoms in total. The molecule has 0 unspecified atom stereocenters. The van der Waals surface area contributed by atoms with E-state index < -0.39 is 5.41 Å². The van der Waals surface area contributed by atoms with Crippen LogP contribution in [0, 0.1) is 0 Å². The van der Waals surface area contributed by atoms with Gasteiger partial charge in [-0.25, -0.2) is 15.0 Å². The molecule has 2 aromatic heterocycles. The Balaban J connectivity index is 1.08. The summed E-state index contributed by atoms with van der Waals surface area (Å²) in [6.07, 6.45) is 1.88. The molecule has 280 valence electrons. The van der Waals surface area contributed by atoms with Gasteiger partial charge >= 0.3 is 0 Å². The second-order valence-corrected chi connectivity index (χ2v) is 15.3. The van der Waals surface area contributed by atoms with E-state index >= 15 is 0 Å². The highest BCUT2D eigenvalue weighted by atomic mass is 16.5. The van der Waals surface area contributed by atoms with Gasteiger partial charge in [-0.2, -0.15) is 0 Å². The molecule has 2 aliphatic rings. The number of ether oxygens (including phenoxy) is 1. The Morgan fingerprint density at radius 2 is 0.817 bits per heavy atom. The molecule has 1 spiro atoms. The van der Waals surface area contributed by atoms with Crippen LogP contribution in [-0.2, 0) is 5.41 Å². The zero-order chi connectivity index (χ0) is 39.6. The Morgan fingerprint density at radius 1 is 0.333 bits per heavy atom. The standard InChI is InChI=1S/C55H34N4O/c1-4-15-35(16-5-1)40-28-29-41(51-44(40)23-14-32-56-51)38-26-30-47-49(33-38)60-50-34-39(27-31-48(50)55(47)45-24-12-10-21-42(45)43-22-11-13-25-46(43)55)54-58-52(36-17-6-2-7-18-36)57-53(59-54)37-19-8-3-9-20-37/h1-34H. The van der Waals surface area contributed by atoms with Crippen LogP contribution in [0.4, 0.5) is 0 Å². The Hall–Kier alpha value is -8.02. The normalized spacial score (nSPS) is 12.9. The lowest BCUT2D eigenvalue weighted by molar-refractivity contribution is 0.437. The van der Waals surface area contributed by atoms with Crippen molar-refractivity contribution in [2.24, 2.45) is 0 Å². The highest BCUT2D eigenvalue weighted by Crippen LogP contribution is 2.62. The summed E-state index contributed by atoms with van der Waals surface area (Å²) in [4.78, 5) is 20.1. The molecule has 0 bridgehead atoms. The minimum Gasteiger partial charge on any atom is -0.457 e. The lowest BCUT2D eigenvalue weighted by Gasteiger charge is -2.39. The maximum atomic E-state index is 7.16. The van der Waals surface area contributed by atoms with Crippen LogP contribution in [0.3, 0.4) is 0 Å². The average Bonchev–Trinajstić information content (AvgIpc) is 3.62. The van der Waals surface area contributed by atoms with Gasteiger partial charge in [-0.15, -0.1) is 0 Å². The zero-order valence-electron chi connectivity index (χ0n) is 32.3. The van der Waals surface area contributed by atoms with Gasteiger partial charge in [-0.1, -0.05) is 182 Å². The molecule has 1 aliphatic heterocycles. The highest BCUT2D eigenvalue weighted by molar-refractivity contribution is 6.03. The molecule has 12 rings (SSSR count). The topological polar surface area (TPSA) is 60.8 Å². The summed E-state index contributed by atoms with van der Waals surface area (Å²) in [5.74, 6) is 3.36. The van der Waals surface area contributed by atoms with Gasteiger partial charge in [-0.3, -0.25) is 4.98 Å². The smallest absolute Gasteiger partial charge is 0.164 e. The molecule has 1 aliphatic carbocycles. The van der Waals surface area contributed by atoms with Gasteiger partial charge in [-0.05, 0) is 57.1 Å². The summed E-state index contributed by atoms with van der Waals surface area (Å²) in [5.41, 5.74) is 14.5. The maximum absolute atomic E-state index is 7.16. The van der Waals surface area contributed by atoms with Crippen LogP contribution in [-0.4, -0.2) is 19.9 Å². The fourth-order valence-electron chi connectivity index (χ4n) is 9.43. The van der Waals surface area contributed by atoms with Crippen LogP contribution in [0.5, 0.6) is 11.5 Å². The van der Waals surface area contributed by atoms with Crippen LogP contribution in [0.1, 0.15) is 22.3 Å². The summed E-state index contributed by atoms with van der Waals surface area (Å²) < 4.78 is 7.16. The third kappa shape index (κ3) is 5.19. The summed E-state index contributed by atoms with van der Waals surface area (Å²) in [5, 5.41) is 1.10. The molecule has 0 N–H and O–H groups in total. The van der Waals surface area contributed by atoms with Crippen molar-refractivity contribution >= 4 is 10.9 Å². The molecule has 8 aromatic carbocycles. The molecular weight excluding hydrogens is 733 g/mol. The van der Waals surface area contributed by atoms with E-state index in [-0.39, 0.29) is 0 Å². The number of hydrogen-bond donors (Lipinski definition) is 0. The first kappa shape index (κ1) is 34.1. The molecule has 10 aromatic rings. The van der Waals surface area contributed by atoms with Crippen LogP contribution in [0.25, 0.3) is 78.4 Å². The fraction of sp³-hybridized carbons (Fsp3) is 0.0182. The van der Waals surface area contributed by atoms with Crippen molar-refractivity contribution in [3.05, 3.63) is 229 Å². The number of rotatable bonds is 5. The van der Waals surface area contributed by atoms with Crippen LogP contribution in [0.2, 0.25) is 0 Å². The van der Waals surface area contributed by atoms with E-state index in [1.807, 2.05) is 72.9 Å². The van der Waals surface area contributed by atoms with E-state index in [1.165, 1.54) is 22.3 Å². The second-order valence-electron chi connectivity index (χ2n) is 15.3. The minimum absolute atomic E-state index is 0.575. The molecule has 3 heterocycles. The Labute approximate surface area is 347 Å². The number of benzene rings is 8. The summed E-state index contributed by atoms with van der Waals surface area (Å²) >= 11 is 0. The predicted octanol–water partition coefficient (Wildman–Crippen LogP) is 13.2. The van der Waals surface area contributed by atoms with Crippen molar-refractivity contribution in [2.75, 3.05) is 0 Å². The van der Waals surface area contributed by atoms with E-state index in [1.54, 1.807) is 0 Å². The van der Waals surface area contributed by atoms with E-state index in [0.717, 1.165) is 72.5 Å². The molecule has 0 atom stereocenters. The first-order valence-corrected chi connectivity index (χ1v) is 20.2. The Bertz CT molecular complexity index is 3190. The molecule has 0 saturated carbocycles. The quantitative estimate of drug-likeness (QED) is 0.175. The van der Waals surface area contributed by atoms with Crippen molar-refractivity contribution in [3.8, 4) is 79.0 Å². The third-order valence-electron chi connectivity index (χ3n) is 12.1. The van der Waals surface area contributed by atoms with Crippen LogP contribution < -0.4 is 4.74 Å². The summed E-state index contributed by atoms with van der Waals surface area (Å²) in [6.45, 7) is 0. The van der Waals surface area contributed by atoms with E-state index in [9.17, 15) is 0 Å². The van der Waals surface area contributed by atoms with E-state index in [4.69, 9.17) is 24.7 Å². The summed E-state index contributed by atoms with van der Waals surface area (Å²) in [7, 11) is 0. The van der Waals surface area contributed by atoms with Crippen LogP contribution in [0.15, 0.2) is 206 Å². The zero-order valence-corrected chi connectivity index (χ0v) is 32.3. The lowest BCUT2D eigenvalue weighted by atomic mass is 9.66. The number of hydrogen-bond acceptors (Lipinski definition) is 5. The average molecular weight is 767 g/mol. The van der Waals surface area contributed by atoms with E-state index in [0.29, 0.717) is 17.5 Å². The van der Waals surface area contributed by atoms with Gasteiger partial charge in [0.2, 0.25) is 0 Å². The van der Waals surface area contributed by atoms with Crippen molar-refractivity contribution in [1.29, 1.82) is 0 Å². The Morgan fingerprint density at radius 3 is 1.42 bits per heavy atom. The number of aromatic nitrogens is 4. The number of nitrogens with zero attached hydrogens (tertiary/aromatic N) is 4. The molecular formula is C55H34N4O. The molecule has 60 heavy (non-hydrogen) atoms. The molecule has 0 saturated heterocycles. The van der Waals surface area contributed by atoms with Crippen molar-refractivity contribution in [3.63, 3.8) is 0 Å². The molecule has 5 heteroatoms. The lowest BCUT2D eigenvalue weighted by Crippen LogP contribution is -2.32. The SMILES string of the molecule is c1ccc(-c2nc(-c3ccccc3)nc(-c3ccc4c(c3)Oc3cc(-c5ccc(-c6ccccc6)c6cccnc56)ccc3C43c4ccccc4-c4ccccc43)n2)cc1. The minimum atomic E-state index is -0.631. The number of fused-ring (bicyclic) bond motifs is 10. The van der Waals surface area contributed by atoms with Crippen molar-refractivity contribution < 1.29 is 4.74 Å². The van der Waals surface area contributed by atoms with Crippen molar-refractivity contribution in [1.82, 2.24) is 19.9 Å². The fourth-order valence-corrected chi connectivity index (χ4v) is 9.43. The monoisotopic (exact) mass is 766 g/mol. The van der Waals surface area contributed by atoms with Gasteiger partial charge in [0.25, 0.3) is 0 Å². The van der Waals surface area contributed by atoms with Gasteiger partial charge < -0.3 is 4.74 Å². The first-order chi connectivity index (χ1) is 29.7. The first-order valence-electron chi connectivity index (χ1n) is 20.2. The van der Waals surface area contributed by atoms with Gasteiger partial charge in [0.15, 0.2) is 17.5 Å². The van der Waals surface area contributed by atoms with Crippen molar-refractivity contribution in [2.45, 2.75) is 5.41 Å².